The number of carbonyl (C=O) groups excluding carboxylic acids is 1. The summed E-state index contributed by atoms with van der Waals surface area (Å²) in [6.07, 6.45) is 0.833. The molecule has 0 aromatic heterocycles. The fourth-order valence-electron chi connectivity index (χ4n) is 1.53. The van der Waals surface area contributed by atoms with Crippen LogP contribution in [0, 0.1) is 11.2 Å². The van der Waals surface area contributed by atoms with E-state index in [0.717, 1.165) is 5.56 Å². The molecule has 0 amide bonds. The van der Waals surface area contributed by atoms with E-state index in [1.54, 1.807) is 6.07 Å². The number of benzene rings is 1. The lowest BCUT2D eigenvalue weighted by atomic mass is 9.88. The van der Waals surface area contributed by atoms with Gasteiger partial charge < -0.3 is 0 Å². The molecular formula is C13H16ClFO. The number of carbonyl (C=O) groups is 1. The minimum atomic E-state index is -0.450. The summed E-state index contributed by atoms with van der Waals surface area (Å²) >= 11 is 5.64. The quantitative estimate of drug-likeness (QED) is 0.782. The Morgan fingerprint density at radius 2 is 2.00 bits per heavy atom. The van der Waals surface area contributed by atoms with Gasteiger partial charge in [-0.3, -0.25) is 4.79 Å². The summed E-state index contributed by atoms with van der Waals surface area (Å²) in [5.74, 6) is -0.302. The molecule has 0 saturated carbocycles. The molecule has 0 saturated heterocycles. The van der Waals surface area contributed by atoms with Crippen LogP contribution >= 0.6 is 11.6 Å². The van der Waals surface area contributed by atoms with Gasteiger partial charge in [0.1, 0.15) is 11.6 Å². The number of halogens is 2. The van der Waals surface area contributed by atoms with E-state index < -0.39 is 5.82 Å². The van der Waals surface area contributed by atoms with Crippen LogP contribution in [0.15, 0.2) is 18.2 Å². The van der Waals surface area contributed by atoms with Crippen LogP contribution in [0.25, 0.3) is 0 Å². The lowest BCUT2D eigenvalue weighted by Crippen LogP contribution is -2.14. The van der Waals surface area contributed by atoms with E-state index in [4.69, 9.17) is 11.6 Å². The number of hydrogen-bond donors (Lipinski definition) is 0. The van der Waals surface area contributed by atoms with Crippen molar-refractivity contribution in [3.8, 4) is 0 Å². The average molecular weight is 243 g/mol. The molecule has 0 bridgehead atoms. The standard InChI is InChI=1S/C13H16ClFO/c1-13(2,3)8-10(16)6-9-4-5-12(15)11(14)7-9/h4-5,7H,6,8H2,1-3H3. The van der Waals surface area contributed by atoms with Crippen molar-refractivity contribution in [3.63, 3.8) is 0 Å². The van der Waals surface area contributed by atoms with Crippen molar-refractivity contribution in [3.05, 3.63) is 34.6 Å². The zero-order chi connectivity index (χ0) is 12.3. The molecule has 0 radical (unpaired) electrons. The Morgan fingerprint density at radius 1 is 1.38 bits per heavy atom. The Morgan fingerprint density at radius 3 is 2.50 bits per heavy atom. The van der Waals surface area contributed by atoms with Crippen LogP contribution in [0.5, 0.6) is 0 Å². The monoisotopic (exact) mass is 242 g/mol. The average Bonchev–Trinajstić information content (AvgIpc) is 2.08. The molecule has 1 aromatic rings. The van der Waals surface area contributed by atoms with Crippen LogP contribution < -0.4 is 0 Å². The van der Waals surface area contributed by atoms with E-state index in [1.165, 1.54) is 12.1 Å². The van der Waals surface area contributed by atoms with E-state index in [0.29, 0.717) is 12.8 Å². The molecule has 0 heterocycles. The zero-order valence-electron chi connectivity index (χ0n) is 9.81. The SMILES string of the molecule is CC(C)(C)CC(=O)Cc1ccc(F)c(Cl)c1. The van der Waals surface area contributed by atoms with Gasteiger partial charge in [-0.05, 0) is 23.1 Å². The highest BCUT2D eigenvalue weighted by molar-refractivity contribution is 6.30. The van der Waals surface area contributed by atoms with Gasteiger partial charge in [0.2, 0.25) is 0 Å². The van der Waals surface area contributed by atoms with Gasteiger partial charge in [-0.1, -0.05) is 38.4 Å². The fraction of sp³-hybridized carbons (Fsp3) is 0.462. The molecule has 0 aliphatic rings. The second-order valence-corrected chi connectivity index (χ2v) is 5.61. The van der Waals surface area contributed by atoms with E-state index in [-0.39, 0.29) is 16.2 Å². The molecule has 0 aliphatic carbocycles. The summed E-state index contributed by atoms with van der Waals surface area (Å²) < 4.78 is 12.9. The summed E-state index contributed by atoms with van der Waals surface area (Å²) in [5.41, 5.74) is 0.752. The second kappa shape index (κ2) is 4.96. The molecule has 0 aliphatic heterocycles. The first kappa shape index (κ1) is 13.2. The maximum absolute atomic E-state index is 12.9. The Hall–Kier alpha value is -0.890. The van der Waals surface area contributed by atoms with Crippen LogP contribution in [0.4, 0.5) is 4.39 Å². The van der Waals surface area contributed by atoms with Gasteiger partial charge in [-0.2, -0.15) is 0 Å². The molecule has 0 fully saturated rings. The van der Waals surface area contributed by atoms with Crippen molar-refractivity contribution in [1.29, 1.82) is 0 Å². The Labute approximate surface area is 101 Å². The van der Waals surface area contributed by atoms with Crippen LogP contribution in [-0.4, -0.2) is 5.78 Å². The van der Waals surface area contributed by atoms with E-state index in [2.05, 4.69) is 0 Å². The molecule has 1 rings (SSSR count). The third kappa shape index (κ3) is 4.31. The summed E-state index contributed by atoms with van der Waals surface area (Å²) in [7, 11) is 0. The van der Waals surface area contributed by atoms with Gasteiger partial charge in [0.15, 0.2) is 0 Å². The van der Waals surface area contributed by atoms with Crippen molar-refractivity contribution >= 4 is 17.4 Å². The normalized spacial score (nSPS) is 11.6. The van der Waals surface area contributed by atoms with Gasteiger partial charge in [-0.15, -0.1) is 0 Å². The highest BCUT2D eigenvalue weighted by atomic mass is 35.5. The molecule has 0 spiro atoms. The van der Waals surface area contributed by atoms with Crippen molar-refractivity contribution in [2.75, 3.05) is 0 Å². The van der Waals surface area contributed by atoms with Crippen LogP contribution in [-0.2, 0) is 11.2 Å². The molecule has 0 N–H and O–H groups in total. The zero-order valence-corrected chi connectivity index (χ0v) is 10.6. The molecule has 0 unspecified atom stereocenters. The van der Waals surface area contributed by atoms with Crippen molar-refractivity contribution in [1.82, 2.24) is 0 Å². The first-order valence-electron chi connectivity index (χ1n) is 5.23. The van der Waals surface area contributed by atoms with E-state index >= 15 is 0 Å². The number of hydrogen-bond acceptors (Lipinski definition) is 1. The van der Waals surface area contributed by atoms with E-state index in [1.807, 2.05) is 20.8 Å². The van der Waals surface area contributed by atoms with Crippen LogP contribution in [0.1, 0.15) is 32.8 Å². The van der Waals surface area contributed by atoms with Gasteiger partial charge in [0.25, 0.3) is 0 Å². The molecule has 88 valence electrons. The van der Waals surface area contributed by atoms with Gasteiger partial charge in [0.05, 0.1) is 5.02 Å². The van der Waals surface area contributed by atoms with Crippen LogP contribution in [0.3, 0.4) is 0 Å². The lowest BCUT2D eigenvalue weighted by Gasteiger charge is -2.16. The smallest absolute Gasteiger partial charge is 0.141 e. The minimum Gasteiger partial charge on any atom is -0.299 e. The minimum absolute atomic E-state index is 0.0130. The van der Waals surface area contributed by atoms with Gasteiger partial charge >= 0.3 is 0 Å². The highest BCUT2D eigenvalue weighted by Gasteiger charge is 2.16. The number of rotatable bonds is 3. The van der Waals surface area contributed by atoms with Crippen molar-refractivity contribution in [2.24, 2.45) is 5.41 Å². The second-order valence-electron chi connectivity index (χ2n) is 5.20. The van der Waals surface area contributed by atoms with Gasteiger partial charge in [0, 0.05) is 12.8 Å². The molecule has 1 aromatic carbocycles. The first-order valence-corrected chi connectivity index (χ1v) is 5.61. The fourth-order valence-corrected chi connectivity index (χ4v) is 1.73. The summed E-state index contributed by atoms with van der Waals surface area (Å²) in [6, 6.07) is 4.40. The Bertz CT molecular complexity index is 393. The largest absolute Gasteiger partial charge is 0.299 e. The highest BCUT2D eigenvalue weighted by Crippen LogP contribution is 2.21. The molecular weight excluding hydrogens is 227 g/mol. The molecule has 16 heavy (non-hydrogen) atoms. The predicted octanol–water partition coefficient (Wildman–Crippen LogP) is 4.03. The lowest BCUT2D eigenvalue weighted by molar-refractivity contribution is -0.120. The summed E-state index contributed by atoms with van der Waals surface area (Å²) in [6.45, 7) is 6.05. The molecule has 3 heteroatoms. The Balaban J connectivity index is 2.67. The first-order chi connectivity index (χ1) is 7.28. The number of Topliss-reactive ketones (excluding diaryl/α,β-unsaturated/α-hetero) is 1. The van der Waals surface area contributed by atoms with E-state index in [9.17, 15) is 9.18 Å². The number of ketones is 1. The van der Waals surface area contributed by atoms with Crippen molar-refractivity contribution in [2.45, 2.75) is 33.6 Å². The molecule has 0 atom stereocenters. The predicted molar refractivity (Wildman–Crippen MR) is 64.2 cm³/mol. The maximum Gasteiger partial charge on any atom is 0.141 e. The van der Waals surface area contributed by atoms with Gasteiger partial charge in [-0.25, -0.2) is 4.39 Å². The third-order valence-corrected chi connectivity index (χ3v) is 2.40. The maximum atomic E-state index is 12.9. The molecule has 1 nitrogen and oxygen atoms in total. The van der Waals surface area contributed by atoms with Crippen molar-refractivity contribution < 1.29 is 9.18 Å². The summed E-state index contributed by atoms with van der Waals surface area (Å²) in [5, 5.41) is 0.0704. The summed E-state index contributed by atoms with van der Waals surface area (Å²) in [4.78, 5) is 11.7. The topological polar surface area (TPSA) is 17.1 Å². The van der Waals surface area contributed by atoms with Crippen LogP contribution in [0.2, 0.25) is 5.02 Å². The third-order valence-electron chi connectivity index (χ3n) is 2.11. The Kier molecular flexibility index (Phi) is 4.09.